The summed E-state index contributed by atoms with van der Waals surface area (Å²) in [5.74, 6) is 0. The van der Waals surface area contributed by atoms with Gasteiger partial charge in [0.15, 0.2) is 0 Å². The average molecular weight is 191 g/mol. The van der Waals surface area contributed by atoms with Crippen LogP contribution in [0, 0.1) is 6.92 Å². The predicted octanol–water partition coefficient (Wildman–Crippen LogP) is 2.17. The number of carbonyl (C=O) groups is 1. The van der Waals surface area contributed by atoms with Crippen LogP contribution < -0.4 is 5.32 Å². The summed E-state index contributed by atoms with van der Waals surface area (Å²) in [5.41, 5.74) is 2.27. The third-order valence-corrected chi connectivity index (χ3v) is 2.34. The first-order valence-electron chi connectivity index (χ1n) is 4.77. The molecule has 1 atom stereocenters. The van der Waals surface area contributed by atoms with Gasteiger partial charge in [-0.1, -0.05) is 29.8 Å². The fraction of sp³-hybridized carbons (Fsp3) is 0.364. The van der Waals surface area contributed by atoms with Gasteiger partial charge in [0.2, 0.25) is 0 Å². The molecular weight excluding hydrogens is 178 g/mol. The van der Waals surface area contributed by atoms with Gasteiger partial charge in [-0.25, -0.2) is 4.79 Å². The molecule has 1 aliphatic heterocycles. The Morgan fingerprint density at radius 1 is 1.50 bits per heavy atom. The van der Waals surface area contributed by atoms with E-state index in [0.29, 0.717) is 6.54 Å². The number of alkyl carbamates (subject to hydrolysis) is 1. The number of aryl methyl sites for hydroxylation is 1. The largest absolute Gasteiger partial charge is 0.441 e. The van der Waals surface area contributed by atoms with Crippen molar-refractivity contribution < 1.29 is 9.53 Å². The third kappa shape index (κ3) is 1.87. The molecule has 0 aromatic heterocycles. The van der Waals surface area contributed by atoms with Gasteiger partial charge in [0.25, 0.3) is 0 Å². The van der Waals surface area contributed by atoms with Crippen molar-refractivity contribution in [1.82, 2.24) is 5.32 Å². The van der Waals surface area contributed by atoms with Crippen LogP contribution in [0.25, 0.3) is 0 Å². The summed E-state index contributed by atoms with van der Waals surface area (Å²) in [6, 6.07) is 8.08. The lowest BCUT2D eigenvalue weighted by Gasteiger charge is -2.23. The number of hydrogen-bond donors (Lipinski definition) is 1. The number of amides is 1. The molecular formula is C11H13NO2. The zero-order valence-corrected chi connectivity index (χ0v) is 8.12. The molecule has 14 heavy (non-hydrogen) atoms. The van der Waals surface area contributed by atoms with Crippen molar-refractivity contribution in [3.63, 3.8) is 0 Å². The quantitative estimate of drug-likeness (QED) is 0.738. The van der Waals surface area contributed by atoms with E-state index in [0.717, 1.165) is 12.0 Å². The van der Waals surface area contributed by atoms with Crippen LogP contribution in [-0.4, -0.2) is 12.6 Å². The molecule has 1 amide bonds. The molecule has 74 valence electrons. The Bertz CT molecular complexity index is 349. The van der Waals surface area contributed by atoms with Crippen molar-refractivity contribution in [2.75, 3.05) is 6.54 Å². The summed E-state index contributed by atoms with van der Waals surface area (Å²) < 4.78 is 5.18. The Labute approximate surface area is 83.1 Å². The maximum atomic E-state index is 11.0. The van der Waals surface area contributed by atoms with E-state index in [-0.39, 0.29) is 12.2 Å². The van der Waals surface area contributed by atoms with Gasteiger partial charge in [0, 0.05) is 13.0 Å². The minimum absolute atomic E-state index is 0.0800. The minimum Gasteiger partial charge on any atom is -0.441 e. The maximum Gasteiger partial charge on any atom is 0.407 e. The van der Waals surface area contributed by atoms with Crippen LogP contribution in [0.3, 0.4) is 0 Å². The third-order valence-electron chi connectivity index (χ3n) is 2.34. The average Bonchev–Trinajstić information content (AvgIpc) is 2.18. The Kier molecular flexibility index (Phi) is 2.39. The lowest BCUT2D eigenvalue weighted by molar-refractivity contribution is 0.0738. The first-order valence-corrected chi connectivity index (χ1v) is 4.77. The summed E-state index contributed by atoms with van der Waals surface area (Å²) >= 11 is 0. The van der Waals surface area contributed by atoms with Gasteiger partial charge in [-0.2, -0.15) is 0 Å². The predicted molar refractivity (Wildman–Crippen MR) is 53.0 cm³/mol. The first kappa shape index (κ1) is 9.06. The second kappa shape index (κ2) is 3.70. The van der Waals surface area contributed by atoms with Crippen LogP contribution in [0.15, 0.2) is 24.3 Å². The molecule has 0 spiro atoms. The normalized spacial score (nSPS) is 21.2. The Balaban J connectivity index is 2.17. The summed E-state index contributed by atoms with van der Waals surface area (Å²) in [6.07, 6.45) is 0.446. The number of ether oxygens (including phenoxy) is 1. The first-order chi connectivity index (χ1) is 6.75. The number of hydrogen-bond acceptors (Lipinski definition) is 2. The van der Waals surface area contributed by atoms with Crippen LogP contribution in [0.1, 0.15) is 23.7 Å². The van der Waals surface area contributed by atoms with Crippen molar-refractivity contribution in [1.29, 1.82) is 0 Å². The van der Waals surface area contributed by atoms with Gasteiger partial charge >= 0.3 is 6.09 Å². The van der Waals surface area contributed by atoms with Gasteiger partial charge in [-0.3, -0.25) is 0 Å². The molecule has 1 aliphatic rings. The van der Waals surface area contributed by atoms with E-state index in [2.05, 4.69) is 11.4 Å². The summed E-state index contributed by atoms with van der Waals surface area (Å²) in [5, 5.41) is 2.64. The van der Waals surface area contributed by atoms with E-state index >= 15 is 0 Å². The summed E-state index contributed by atoms with van der Waals surface area (Å²) in [4.78, 5) is 11.0. The van der Waals surface area contributed by atoms with E-state index in [1.807, 2.05) is 25.1 Å². The molecule has 0 unspecified atom stereocenters. The van der Waals surface area contributed by atoms with Crippen molar-refractivity contribution >= 4 is 6.09 Å². The minimum atomic E-state index is -0.317. The lowest BCUT2D eigenvalue weighted by Crippen LogP contribution is -2.33. The van der Waals surface area contributed by atoms with Gasteiger partial charge in [0.1, 0.15) is 6.10 Å². The lowest BCUT2D eigenvalue weighted by atomic mass is 10.0. The van der Waals surface area contributed by atoms with Crippen LogP contribution >= 0.6 is 0 Å². The Morgan fingerprint density at radius 3 is 3.07 bits per heavy atom. The summed E-state index contributed by atoms with van der Waals surface area (Å²) in [6.45, 7) is 2.73. The molecule has 1 aromatic carbocycles. The van der Waals surface area contributed by atoms with Gasteiger partial charge in [0.05, 0.1) is 0 Å². The zero-order valence-electron chi connectivity index (χ0n) is 8.12. The molecule has 3 nitrogen and oxygen atoms in total. The van der Waals surface area contributed by atoms with E-state index in [4.69, 9.17) is 4.74 Å². The fourth-order valence-electron chi connectivity index (χ4n) is 1.64. The number of cyclic esters (lactones) is 1. The highest BCUT2D eigenvalue weighted by atomic mass is 16.6. The Hall–Kier alpha value is -1.51. The molecule has 0 saturated carbocycles. The molecule has 0 bridgehead atoms. The standard InChI is InChI=1S/C11H13NO2/c1-8-3-2-4-9(7-8)10-5-6-12-11(13)14-10/h2-4,7,10H,5-6H2,1H3,(H,12,13)/t10-/m1/s1. The molecule has 1 N–H and O–H groups in total. The molecule has 0 aliphatic carbocycles. The molecule has 1 aromatic rings. The van der Waals surface area contributed by atoms with Crippen molar-refractivity contribution in [3.8, 4) is 0 Å². The topological polar surface area (TPSA) is 38.3 Å². The van der Waals surface area contributed by atoms with Gasteiger partial charge in [-0.05, 0) is 12.5 Å². The van der Waals surface area contributed by atoms with Crippen molar-refractivity contribution in [2.45, 2.75) is 19.4 Å². The van der Waals surface area contributed by atoms with E-state index < -0.39 is 0 Å². The van der Waals surface area contributed by atoms with Crippen molar-refractivity contribution in [3.05, 3.63) is 35.4 Å². The highest BCUT2D eigenvalue weighted by Gasteiger charge is 2.20. The smallest absolute Gasteiger partial charge is 0.407 e. The van der Waals surface area contributed by atoms with Gasteiger partial charge in [-0.15, -0.1) is 0 Å². The van der Waals surface area contributed by atoms with Crippen LogP contribution in [-0.2, 0) is 4.74 Å². The number of rotatable bonds is 1. The monoisotopic (exact) mass is 191 g/mol. The molecule has 0 radical (unpaired) electrons. The maximum absolute atomic E-state index is 11.0. The van der Waals surface area contributed by atoms with E-state index in [1.54, 1.807) is 0 Å². The highest BCUT2D eigenvalue weighted by molar-refractivity contribution is 5.68. The summed E-state index contributed by atoms with van der Waals surface area (Å²) in [7, 11) is 0. The van der Waals surface area contributed by atoms with Gasteiger partial charge < -0.3 is 10.1 Å². The van der Waals surface area contributed by atoms with Crippen molar-refractivity contribution in [2.24, 2.45) is 0 Å². The second-order valence-electron chi connectivity index (χ2n) is 3.52. The zero-order chi connectivity index (χ0) is 9.97. The molecule has 1 saturated heterocycles. The van der Waals surface area contributed by atoms with E-state index in [9.17, 15) is 4.79 Å². The molecule has 3 heteroatoms. The van der Waals surface area contributed by atoms with Crippen LogP contribution in [0.5, 0.6) is 0 Å². The highest BCUT2D eigenvalue weighted by Crippen LogP contribution is 2.23. The fourth-order valence-corrected chi connectivity index (χ4v) is 1.64. The van der Waals surface area contributed by atoms with Crippen LogP contribution in [0.2, 0.25) is 0 Å². The molecule has 1 heterocycles. The number of carbonyl (C=O) groups excluding carboxylic acids is 1. The number of nitrogens with one attached hydrogen (secondary N) is 1. The number of benzene rings is 1. The molecule has 2 rings (SSSR count). The second-order valence-corrected chi connectivity index (χ2v) is 3.52. The molecule has 1 fully saturated rings. The van der Waals surface area contributed by atoms with E-state index in [1.165, 1.54) is 5.56 Å². The Morgan fingerprint density at radius 2 is 2.36 bits per heavy atom. The van der Waals surface area contributed by atoms with Crippen LogP contribution in [0.4, 0.5) is 4.79 Å². The SMILES string of the molecule is Cc1cccc([C@H]2CCNC(=O)O2)c1.